The maximum atomic E-state index is 13.6. The minimum Gasteiger partial charge on any atom is -0.339 e. The number of likely N-dealkylation sites (tertiary alicyclic amines) is 1. The fourth-order valence-electron chi connectivity index (χ4n) is 3.25. The van der Waals surface area contributed by atoms with E-state index in [9.17, 15) is 13.6 Å². The van der Waals surface area contributed by atoms with Gasteiger partial charge in [0.1, 0.15) is 0 Å². The molecule has 1 amide bonds. The number of nitrogens with zero attached hydrogens (tertiary/aromatic N) is 2. The summed E-state index contributed by atoms with van der Waals surface area (Å²) in [5.74, 6) is -1.88. The molecule has 1 aliphatic heterocycles. The van der Waals surface area contributed by atoms with Crippen molar-refractivity contribution in [2.24, 2.45) is 0 Å². The predicted molar refractivity (Wildman–Crippen MR) is 92.2 cm³/mol. The van der Waals surface area contributed by atoms with Crippen molar-refractivity contribution in [2.45, 2.75) is 12.8 Å². The number of aromatic nitrogens is 1. The summed E-state index contributed by atoms with van der Waals surface area (Å²) in [5, 5.41) is 0.769. The third kappa shape index (κ3) is 2.86. The molecule has 0 unspecified atom stereocenters. The number of para-hydroxylation sites is 1. The molecule has 0 atom stereocenters. The van der Waals surface area contributed by atoms with Crippen molar-refractivity contribution in [3.8, 4) is 11.3 Å². The van der Waals surface area contributed by atoms with E-state index in [4.69, 9.17) is 0 Å². The first-order valence-corrected chi connectivity index (χ1v) is 8.28. The van der Waals surface area contributed by atoms with Gasteiger partial charge in [0.15, 0.2) is 11.6 Å². The lowest BCUT2D eigenvalue weighted by Gasteiger charge is -2.17. The SMILES string of the molecule is O=C(c1cc(-c2ccc(F)c(F)c2)nc2ccccc12)N1CCCC1. The van der Waals surface area contributed by atoms with Gasteiger partial charge in [-0.2, -0.15) is 0 Å². The molecule has 1 saturated heterocycles. The van der Waals surface area contributed by atoms with Crippen LogP contribution in [0.2, 0.25) is 0 Å². The average molecular weight is 338 g/mol. The number of hydrogen-bond donors (Lipinski definition) is 0. The Bertz CT molecular complexity index is 965. The molecule has 126 valence electrons. The quantitative estimate of drug-likeness (QED) is 0.693. The molecule has 0 bridgehead atoms. The van der Waals surface area contributed by atoms with Crippen LogP contribution in [0.3, 0.4) is 0 Å². The van der Waals surface area contributed by atoms with E-state index in [2.05, 4.69) is 4.98 Å². The van der Waals surface area contributed by atoms with E-state index < -0.39 is 11.6 Å². The van der Waals surface area contributed by atoms with E-state index in [0.717, 1.165) is 43.5 Å². The first-order valence-electron chi connectivity index (χ1n) is 8.28. The van der Waals surface area contributed by atoms with Crippen LogP contribution in [-0.2, 0) is 0 Å². The van der Waals surface area contributed by atoms with Crippen molar-refractivity contribution in [2.75, 3.05) is 13.1 Å². The molecule has 3 aromatic rings. The van der Waals surface area contributed by atoms with Crippen molar-refractivity contribution >= 4 is 16.8 Å². The maximum Gasteiger partial charge on any atom is 0.254 e. The standard InChI is InChI=1S/C20H16F2N2O/c21-16-8-7-13(11-17(16)22)19-12-15(20(25)24-9-3-4-10-24)14-5-1-2-6-18(14)23-19/h1-2,5-8,11-12H,3-4,9-10H2. The van der Waals surface area contributed by atoms with Gasteiger partial charge >= 0.3 is 0 Å². The van der Waals surface area contributed by atoms with Crippen LogP contribution < -0.4 is 0 Å². The lowest BCUT2D eigenvalue weighted by atomic mass is 10.0. The maximum absolute atomic E-state index is 13.6. The number of carbonyl (C=O) groups excluding carboxylic acids is 1. The topological polar surface area (TPSA) is 33.2 Å². The molecule has 4 rings (SSSR count). The second-order valence-electron chi connectivity index (χ2n) is 6.20. The Labute approximate surface area is 143 Å². The van der Waals surface area contributed by atoms with Gasteiger partial charge in [0.05, 0.1) is 16.8 Å². The van der Waals surface area contributed by atoms with Crippen molar-refractivity contribution in [3.05, 3.63) is 65.7 Å². The van der Waals surface area contributed by atoms with E-state index in [0.29, 0.717) is 22.3 Å². The van der Waals surface area contributed by atoms with E-state index in [1.807, 2.05) is 29.2 Å². The van der Waals surface area contributed by atoms with Gasteiger partial charge in [0, 0.05) is 24.0 Å². The normalized spacial score (nSPS) is 14.2. The Morgan fingerprint density at radius 1 is 0.960 bits per heavy atom. The molecular weight excluding hydrogens is 322 g/mol. The van der Waals surface area contributed by atoms with E-state index >= 15 is 0 Å². The third-order valence-corrected chi connectivity index (χ3v) is 4.56. The summed E-state index contributed by atoms with van der Waals surface area (Å²) in [5.41, 5.74) is 2.11. The van der Waals surface area contributed by atoms with Gasteiger partial charge in [-0.15, -0.1) is 0 Å². The first-order chi connectivity index (χ1) is 12.1. The molecular formula is C20H16F2N2O. The van der Waals surface area contributed by atoms with Crippen LogP contribution in [0.4, 0.5) is 8.78 Å². The molecule has 2 heterocycles. The highest BCUT2D eigenvalue weighted by Crippen LogP contribution is 2.27. The largest absolute Gasteiger partial charge is 0.339 e. The Hall–Kier alpha value is -2.82. The number of rotatable bonds is 2. The van der Waals surface area contributed by atoms with E-state index in [1.54, 1.807) is 6.07 Å². The monoisotopic (exact) mass is 338 g/mol. The Kier molecular flexibility index (Phi) is 3.92. The number of pyridine rings is 1. The average Bonchev–Trinajstić information content (AvgIpc) is 3.17. The number of amides is 1. The zero-order valence-corrected chi connectivity index (χ0v) is 13.5. The number of fused-ring (bicyclic) bond motifs is 1. The Balaban J connectivity index is 1.88. The molecule has 1 aliphatic rings. The molecule has 3 nitrogen and oxygen atoms in total. The summed E-state index contributed by atoms with van der Waals surface area (Å²) >= 11 is 0. The van der Waals surface area contributed by atoms with Crippen LogP contribution in [0.25, 0.3) is 22.2 Å². The fraction of sp³-hybridized carbons (Fsp3) is 0.200. The summed E-state index contributed by atoms with van der Waals surface area (Å²) in [4.78, 5) is 19.3. The molecule has 0 radical (unpaired) electrons. The molecule has 1 fully saturated rings. The molecule has 0 spiro atoms. The van der Waals surface area contributed by atoms with Crippen LogP contribution in [0.5, 0.6) is 0 Å². The number of halogens is 2. The number of hydrogen-bond acceptors (Lipinski definition) is 2. The Morgan fingerprint density at radius 3 is 2.48 bits per heavy atom. The summed E-state index contributed by atoms with van der Waals surface area (Å²) in [6, 6.07) is 12.7. The van der Waals surface area contributed by atoms with Crippen LogP contribution in [-0.4, -0.2) is 28.9 Å². The zero-order valence-electron chi connectivity index (χ0n) is 13.5. The van der Waals surface area contributed by atoms with Gasteiger partial charge in [-0.3, -0.25) is 4.79 Å². The lowest BCUT2D eigenvalue weighted by Crippen LogP contribution is -2.27. The highest BCUT2D eigenvalue weighted by atomic mass is 19.2. The van der Waals surface area contributed by atoms with Crippen molar-refractivity contribution < 1.29 is 13.6 Å². The molecule has 1 aromatic heterocycles. The predicted octanol–water partition coefficient (Wildman–Crippen LogP) is 4.42. The van der Waals surface area contributed by atoms with Crippen LogP contribution >= 0.6 is 0 Å². The van der Waals surface area contributed by atoms with Crippen molar-refractivity contribution in [3.63, 3.8) is 0 Å². The molecule has 2 aromatic carbocycles. The highest BCUT2D eigenvalue weighted by Gasteiger charge is 2.22. The lowest BCUT2D eigenvalue weighted by molar-refractivity contribution is 0.0794. The first kappa shape index (κ1) is 15.7. The van der Waals surface area contributed by atoms with Crippen molar-refractivity contribution in [1.29, 1.82) is 0 Å². The van der Waals surface area contributed by atoms with Crippen LogP contribution in [0, 0.1) is 11.6 Å². The Morgan fingerprint density at radius 2 is 1.72 bits per heavy atom. The van der Waals surface area contributed by atoms with Gasteiger partial charge in [-0.05, 0) is 43.2 Å². The second kappa shape index (κ2) is 6.24. The summed E-state index contributed by atoms with van der Waals surface area (Å²) in [7, 11) is 0. The van der Waals surface area contributed by atoms with E-state index in [1.165, 1.54) is 6.07 Å². The smallest absolute Gasteiger partial charge is 0.254 e. The van der Waals surface area contributed by atoms with Gasteiger partial charge in [0.2, 0.25) is 0 Å². The molecule has 0 aliphatic carbocycles. The summed E-state index contributed by atoms with van der Waals surface area (Å²) in [6.07, 6.45) is 2.01. The minimum absolute atomic E-state index is 0.0417. The third-order valence-electron chi connectivity index (χ3n) is 4.56. The summed E-state index contributed by atoms with van der Waals surface area (Å²) in [6.45, 7) is 1.49. The minimum atomic E-state index is -0.931. The van der Waals surface area contributed by atoms with Gasteiger partial charge in [-0.1, -0.05) is 18.2 Å². The summed E-state index contributed by atoms with van der Waals surface area (Å²) < 4.78 is 26.8. The molecule has 0 N–H and O–H groups in total. The zero-order chi connectivity index (χ0) is 17.4. The number of benzene rings is 2. The van der Waals surface area contributed by atoms with Gasteiger partial charge < -0.3 is 4.90 Å². The van der Waals surface area contributed by atoms with Gasteiger partial charge in [-0.25, -0.2) is 13.8 Å². The second-order valence-corrected chi connectivity index (χ2v) is 6.20. The highest BCUT2D eigenvalue weighted by molar-refractivity contribution is 6.07. The molecule has 0 saturated carbocycles. The molecule has 5 heteroatoms. The van der Waals surface area contributed by atoms with Crippen molar-refractivity contribution in [1.82, 2.24) is 9.88 Å². The van der Waals surface area contributed by atoms with Crippen LogP contribution in [0.15, 0.2) is 48.5 Å². The van der Waals surface area contributed by atoms with Crippen LogP contribution in [0.1, 0.15) is 23.2 Å². The number of carbonyl (C=O) groups is 1. The molecule has 25 heavy (non-hydrogen) atoms. The van der Waals surface area contributed by atoms with E-state index in [-0.39, 0.29) is 5.91 Å². The van der Waals surface area contributed by atoms with Gasteiger partial charge in [0.25, 0.3) is 5.91 Å². The fourth-order valence-corrected chi connectivity index (χ4v) is 3.25.